The summed E-state index contributed by atoms with van der Waals surface area (Å²) in [6.45, 7) is 5.45. The first kappa shape index (κ1) is 20.9. The predicted octanol–water partition coefficient (Wildman–Crippen LogP) is 3.91. The van der Waals surface area contributed by atoms with Crippen LogP contribution in [-0.4, -0.2) is 65.3 Å². The molecule has 2 aromatic rings. The van der Waals surface area contributed by atoms with E-state index in [0.717, 1.165) is 57.8 Å². The minimum atomic E-state index is -0.0148. The Morgan fingerprint density at radius 3 is 2.35 bits per heavy atom. The lowest BCUT2D eigenvalue weighted by Gasteiger charge is -2.42. The van der Waals surface area contributed by atoms with Crippen LogP contribution in [0.15, 0.2) is 24.3 Å². The lowest BCUT2D eigenvalue weighted by Crippen LogP contribution is -2.50. The molecule has 1 aliphatic carbocycles. The van der Waals surface area contributed by atoms with E-state index < -0.39 is 0 Å². The number of carbonyl (C=O) groups is 2. The third-order valence-electron chi connectivity index (χ3n) is 7.46. The molecule has 0 bridgehead atoms. The third-order valence-corrected chi connectivity index (χ3v) is 8.27. The van der Waals surface area contributed by atoms with Crippen molar-refractivity contribution in [3.8, 4) is 0 Å². The first-order valence-electron chi connectivity index (χ1n) is 11.8. The Kier molecular flexibility index (Phi) is 5.97. The van der Waals surface area contributed by atoms with E-state index in [1.165, 1.54) is 29.3 Å². The highest BCUT2D eigenvalue weighted by atomic mass is 32.1. The summed E-state index contributed by atoms with van der Waals surface area (Å²) in [6.07, 6.45) is 7.72. The number of rotatable bonds is 5. The topological polar surface area (TPSA) is 56.8 Å². The van der Waals surface area contributed by atoms with Crippen molar-refractivity contribution >= 4 is 39.3 Å². The fraction of sp³-hybridized carbons (Fsp3) is 0.625. The van der Waals surface area contributed by atoms with Crippen molar-refractivity contribution in [1.29, 1.82) is 0 Å². The first-order valence-corrected chi connectivity index (χ1v) is 12.6. The van der Waals surface area contributed by atoms with Crippen molar-refractivity contribution in [3.05, 3.63) is 24.3 Å². The summed E-state index contributed by atoms with van der Waals surface area (Å²) < 4.78 is 5.93. The summed E-state index contributed by atoms with van der Waals surface area (Å²) in [5.74, 6) is 1.25. The van der Waals surface area contributed by atoms with Gasteiger partial charge >= 0.3 is 0 Å². The largest absolute Gasteiger partial charge is 0.353 e. The predicted molar refractivity (Wildman–Crippen MR) is 124 cm³/mol. The monoisotopic (exact) mass is 440 g/mol. The van der Waals surface area contributed by atoms with Crippen molar-refractivity contribution in [2.24, 2.45) is 5.41 Å². The Bertz CT molecular complexity index is 924. The maximum atomic E-state index is 12.7. The molecule has 1 aromatic heterocycles. The number of anilines is 1. The molecular weight excluding hydrogens is 408 g/mol. The zero-order valence-corrected chi connectivity index (χ0v) is 19.0. The lowest BCUT2D eigenvalue weighted by molar-refractivity contribution is -0.154. The number of hydrogen-bond acceptors (Lipinski definition) is 6. The number of benzene rings is 1. The van der Waals surface area contributed by atoms with Gasteiger partial charge in [0.25, 0.3) is 0 Å². The number of imide groups is 1. The van der Waals surface area contributed by atoms with Gasteiger partial charge < -0.3 is 4.90 Å². The molecule has 0 atom stereocenters. The highest BCUT2D eigenvalue weighted by Crippen LogP contribution is 2.45. The molecule has 2 aliphatic heterocycles. The van der Waals surface area contributed by atoms with Crippen LogP contribution < -0.4 is 4.90 Å². The normalized spacial score (nSPS) is 22.6. The van der Waals surface area contributed by atoms with Crippen molar-refractivity contribution in [2.45, 2.75) is 51.4 Å². The summed E-state index contributed by atoms with van der Waals surface area (Å²) >= 11 is 1.57. The first-order chi connectivity index (χ1) is 15.1. The summed E-state index contributed by atoms with van der Waals surface area (Å²) in [6, 6.07) is 8.43. The van der Waals surface area contributed by atoms with Crippen LogP contribution in [0.2, 0.25) is 0 Å². The van der Waals surface area contributed by atoms with E-state index in [1.54, 1.807) is 16.4 Å². The Balaban J connectivity index is 1.09. The second kappa shape index (κ2) is 8.87. The number of nitrogens with zero attached hydrogens (tertiary/aromatic N) is 4. The molecule has 7 heteroatoms. The van der Waals surface area contributed by atoms with E-state index >= 15 is 0 Å². The van der Waals surface area contributed by atoms with Gasteiger partial charge in [-0.05, 0) is 54.9 Å². The van der Waals surface area contributed by atoms with E-state index in [0.29, 0.717) is 19.4 Å². The summed E-state index contributed by atoms with van der Waals surface area (Å²) in [5.41, 5.74) is -0.0148. The van der Waals surface area contributed by atoms with Crippen molar-refractivity contribution in [2.75, 3.05) is 44.2 Å². The molecule has 1 saturated carbocycles. The highest BCUT2D eigenvalue weighted by Gasteiger charge is 2.43. The molecule has 166 valence electrons. The molecule has 3 heterocycles. The van der Waals surface area contributed by atoms with Gasteiger partial charge in [-0.15, -0.1) is 0 Å². The molecule has 2 amide bonds. The number of likely N-dealkylation sites (tertiary alicyclic amines) is 1. The Labute approximate surface area is 188 Å². The number of hydrogen-bond donors (Lipinski definition) is 0. The van der Waals surface area contributed by atoms with Gasteiger partial charge in [0.05, 0.1) is 4.70 Å². The minimum absolute atomic E-state index is 0.0148. The average Bonchev–Trinajstić information content (AvgIpc) is 3.21. The van der Waals surface area contributed by atoms with Crippen LogP contribution in [0.1, 0.15) is 51.4 Å². The quantitative estimate of drug-likeness (QED) is 0.660. The minimum Gasteiger partial charge on any atom is -0.353 e. The van der Waals surface area contributed by atoms with Crippen LogP contribution in [0, 0.1) is 5.41 Å². The standard InChI is InChI=1S/C24H32N4O2S/c29-21-17-24(9-4-1-5-10-24)18-22(30)28(21)12-6-11-26-13-15-27(16-14-26)23-19-7-2-3-8-20(19)31-25-23/h2-3,7-8H,1,4-6,9-18H2. The van der Waals surface area contributed by atoms with Gasteiger partial charge in [0, 0.05) is 51.0 Å². The van der Waals surface area contributed by atoms with Crippen LogP contribution in [-0.2, 0) is 9.59 Å². The van der Waals surface area contributed by atoms with E-state index in [1.807, 2.05) is 0 Å². The van der Waals surface area contributed by atoms with Crippen molar-refractivity contribution in [3.63, 3.8) is 0 Å². The van der Waals surface area contributed by atoms with Gasteiger partial charge in [-0.1, -0.05) is 31.4 Å². The van der Waals surface area contributed by atoms with Crippen LogP contribution in [0.5, 0.6) is 0 Å². The fourth-order valence-electron chi connectivity index (χ4n) is 5.68. The fourth-order valence-corrected chi connectivity index (χ4v) is 6.47. The molecule has 0 radical (unpaired) electrons. The Morgan fingerprint density at radius 2 is 1.61 bits per heavy atom. The Morgan fingerprint density at radius 1 is 0.903 bits per heavy atom. The second-order valence-corrected chi connectivity index (χ2v) is 10.3. The van der Waals surface area contributed by atoms with Crippen molar-refractivity contribution < 1.29 is 9.59 Å². The number of carbonyl (C=O) groups excluding carboxylic acids is 2. The van der Waals surface area contributed by atoms with Gasteiger partial charge in [0.2, 0.25) is 11.8 Å². The van der Waals surface area contributed by atoms with E-state index in [2.05, 4.69) is 38.4 Å². The maximum absolute atomic E-state index is 12.7. The van der Waals surface area contributed by atoms with Crippen LogP contribution in [0.4, 0.5) is 5.82 Å². The number of aromatic nitrogens is 1. The van der Waals surface area contributed by atoms with Crippen LogP contribution >= 0.6 is 11.5 Å². The number of piperazine rings is 1. The molecule has 3 aliphatic rings. The van der Waals surface area contributed by atoms with E-state index in [4.69, 9.17) is 0 Å². The average molecular weight is 441 g/mol. The number of piperidine rings is 1. The molecule has 0 unspecified atom stereocenters. The van der Waals surface area contributed by atoms with Gasteiger partial charge in [0.15, 0.2) is 0 Å². The SMILES string of the molecule is O=C1CC2(CCCCC2)CC(=O)N1CCCN1CCN(c2nsc3ccccc23)CC1. The summed E-state index contributed by atoms with van der Waals surface area (Å²) in [5, 5.41) is 1.25. The highest BCUT2D eigenvalue weighted by molar-refractivity contribution is 7.13. The molecule has 31 heavy (non-hydrogen) atoms. The molecule has 3 fully saturated rings. The number of fused-ring (bicyclic) bond motifs is 1. The smallest absolute Gasteiger partial charge is 0.229 e. The third kappa shape index (κ3) is 4.35. The summed E-state index contributed by atoms with van der Waals surface area (Å²) in [4.78, 5) is 31.8. The maximum Gasteiger partial charge on any atom is 0.229 e. The molecule has 6 nitrogen and oxygen atoms in total. The molecule has 1 aromatic carbocycles. The molecule has 0 N–H and O–H groups in total. The van der Waals surface area contributed by atoms with Gasteiger partial charge in [-0.3, -0.25) is 19.4 Å². The number of amides is 2. The zero-order chi connectivity index (χ0) is 21.3. The van der Waals surface area contributed by atoms with Gasteiger partial charge in [-0.2, -0.15) is 4.37 Å². The molecular formula is C24H32N4O2S. The van der Waals surface area contributed by atoms with Gasteiger partial charge in [-0.25, -0.2) is 0 Å². The van der Waals surface area contributed by atoms with E-state index in [-0.39, 0.29) is 17.2 Å². The van der Waals surface area contributed by atoms with E-state index in [9.17, 15) is 9.59 Å². The summed E-state index contributed by atoms with van der Waals surface area (Å²) in [7, 11) is 0. The van der Waals surface area contributed by atoms with Gasteiger partial charge in [0.1, 0.15) is 5.82 Å². The Hall–Kier alpha value is -1.99. The van der Waals surface area contributed by atoms with Crippen molar-refractivity contribution in [1.82, 2.24) is 14.2 Å². The zero-order valence-electron chi connectivity index (χ0n) is 18.2. The van der Waals surface area contributed by atoms with Crippen LogP contribution in [0.3, 0.4) is 0 Å². The lowest BCUT2D eigenvalue weighted by atomic mass is 9.67. The molecule has 2 saturated heterocycles. The molecule has 5 rings (SSSR count). The van der Waals surface area contributed by atoms with Crippen LogP contribution in [0.25, 0.3) is 10.1 Å². The molecule has 1 spiro atoms. The second-order valence-electron chi connectivity index (χ2n) is 9.54.